The zero-order valence-corrected chi connectivity index (χ0v) is 18.7. The van der Waals surface area contributed by atoms with Crippen LogP contribution in [0, 0.1) is 24.6 Å². The number of fused-ring (bicyclic) bond motifs is 1. The Hall–Kier alpha value is -2.77. The van der Waals surface area contributed by atoms with Crippen molar-refractivity contribution in [1.82, 2.24) is 9.55 Å². The van der Waals surface area contributed by atoms with Crippen molar-refractivity contribution >= 4 is 16.6 Å². The Kier molecular flexibility index (Phi) is 6.09. The third-order valence-electron chi connectivity index (χ3n) is 6.78. The van der Waals surface area contributed by atoms with Gasteiger partial charge in [-0.1, -0.05) is 0 Å². The van der Waals surface area contributed by atoms with Crippen LogP contribution < -0.4 is 26.6 Å². The third kappa shape index (κ3) is 4.25. The van der Waals surface area contributed by atoms with E-state index >= 15 is 4.39 Å². The SMILES string of the molecule is COc1c(N2CCC(C(N)C(C(F)(F)F)C(F)(F)F)C2)c(F)c(C)c2c(=O)[nH]c(=O)n(C3CC3)c12. The molecule has 2 aromatic rings. The Balaban J connectivity index is 1.82. The van der Waals surface area contributed by atoms with Crippen molar-refractivity contribution in [1.29, 1.82) is 0 Å². The van der Waals surface area contributed by atoms with E-state index in [1.165, 1.54) is 23.5 Å². The molecule has 4 rings (SSSR count). The Bertz CT molecular complexity index is 1250. The number of aryl methyl sites for hydroxylation is 1. The number of hydrogen-bond donors (Lipinski definition) is 2. The molecular weight excluding hydrogens is 489 g/mol. The minimum absolute atomic E-state index is 0.0360. The maximum atomic E-state index is 15.6. The van der Waals surface area contributed by atoms with Crippen molar-refractivity contribution in [2.24, 2.45) is 17.6 Å². The number of ether oxygens (including phenoxy) is 1. The molecule has 2 unspecified atom stereocenters. The molecule has 0 bridgehead atoms. The summed E-state index contributed by atoms with van der Waals surface area (Å²) in [4.78, 5) is 28.5. The maximum Gasteiger partial charge on any atom is 0.402 e. The van der Waals surface area contributed by atoms with Crippen LogP contribution in [0.15, 0.2) is 9.59 Å². The number of alkyl halides is 6. The molecule has 2 atom stereocenters. The summed E-state index contributed by atoms with van der Waals surface area (Å²) in [6, 6.07) is -2.56. The highest BCUT2D eigenvalue weighted by Crippen LogP contribution is 2.47. The molecule has 0 radical (unpaired) electrons. The molecular formula is C21H23F7N4O3. The number of anilines is 1. The summed E-state index contributed by atoms with van der Waals surface area (Å²) in [5, 5.41) is -0.115. The highest BCUT2D eigenvalue weighted by molar-refractivity contribution is 5.93. The number of benzene rings is 1. The van der Waals surface area contributed by atoms with Crippen molar-refractivity contribution in [2.45, 2.75) is 50.6 Å². The van der Waals surface area contributed by atoms with Crippen LogP contribution in [0.4, 0.5) is 36.4 Å². The maximum absolute atomic E-state index is 15.6. The summed E-state index contributed by atoms with van der Waals surface area (Å²) in [7, 11) is 1.18. The summed E-state index contributed by atoms with van der Waals surface area (Å²) in [6.07, 6.45) is -10.1. The molecule has 14 heteroatoms. The topological polar surface area (TPSA) is 93.3 Å². The van der Waals surface area contributed by atoms with Gasteiger partial charge in [-0.3, -0.25) is 14.3 Å². The van der Waals surface area contributed by atoms with Crippen LogP contribution >= 0.6 is 0 Å². The summed E-state index contributed by atoms with van der Waals surface area (Å²) in [6.45, 7) is 0.801. The van der Waals surface area contributed by atoms with Gasteiger partial charge in [-0.15, -0.1) is 0 Å². The Morgan fingerprint density at radius 1 is 1.09 bits per heavy atom. The Morgan fingerprint density at radius 2 is 1.69 bits per heavy atom. The molecule has 7 nitrogen and oxygen atoms in total. The van der Waals surface area contributed by atoms with E-state index in [2.05, 4.69) is 4.98 Å². The van der Waals surface area contributed by atoms with Crippen molar-refractivity contribution in [2.75, 3.05) is 25.1 Å². The second kappa shape index (κ2) is 8.42. The quantitative estimate of drug-likeness (QED) is 0.600. The predicted octanol–water partition coefficient (Wildman–Crippen LogP) is 3.38. The van der Waals surface area contributed by atoms with Crippen LogP contribution in [-0.4, -0.2) is 48.1 Å². The van der Waals surface area contributed by atoms with Gasteiger partial charge in [0.05, 0.1) is 12.5 Å². The van der Waals surface area contributed by atoms with Gasteiger partial charge in [0.25, 0.3) is 5.56 Å². The fourth-order valence-corrected chi connectivity index (χ4v) is 4.98. The zero-order chi connectivity index (χ0) is 26.0. The van der Waals surface area contributed by atoms with Crippen LogP contribution in [0.25, 0.3) is 10.9 Å². The third-order valence-corrected chi connectivity index (χ3v) is 6.78. The van der Waals surface area contributed by atoms with Crippen molar-refractivity contribution < 1.29 is 35.5 Å². The molecule has 1 saturated heterocycles. The summed E-state index contributed by atoms with van der Waals surface area (Å²) < 4.78 is 101. The minimum atomic E-state index is -5.60. The van der Waals surface area contributed by atoms with E-state index in [1.807, 2.05) is 0 Å². The number of nitrogens with two attached hydrogens (primary N) is 1. The first-order valence-electron chi connectivity index (χ1n) is 10.9. The molecule has 1 aliphatic heterocycles. The molecule has 1 saturated carbocycles. The average molecular weight is 512 g/mol. The van der Waals surface area contributed by atoms with E-state index in [0.717, 1.165) is 0 Å². The number of nitrogens with zero attached hydrogens (tertiary/aromatic N) is 2. The standard InChI is InChI=1S/C21H23F7N4O3/c1-8-11-14(32(10-3-4-10)19(34)30-18(11)33)16(35-2)15(12(8)22)31-6-5-9(7-31)13(29)17(20(23,24)25)21(26,27)28/h9-10,13,17H,3-7,29H2,1-2H3,(H,30,33,34). The van der Waals surface area contributed by atoms with Crippen LogP contribution in [0.2, 0.25) is 0 Å². The molecule has 2 heterocycles. The molecule has 194 valence electrons. The zero-order valence-electron chi connectivity index (χ0n) is 18.7. The highest BCUT2D eigenvalue weighted by Gasteiger charge is 2.61. The first-order chi connectivity index (χ1) is 16.2. The molecule has 1 aliphatic carbocycles. The summed E-state index contributed by atoms with van der Waals surface area (Å²) >= 11 is 0. The lowest BCUT2D eigenvalue weighted by Crippen LogP contribution is -2.52. The van der Waals surface area contributed by atoms with Crippen molar-refractivity contribution in [3.63, 3.8) is 0 Å². The Labute approximate surface area is 193 Å². The van der Waals surface area contributed by atoms with E-state index in [9.17, 15) is 35.9 Å². The molecule has 1 aromatic heterocycles. The summed E-state index contributed by atoms with van der Waals surface area (Å²) in [5.41, 5.74) is 3.62. The van der Waals surface area contributed by atoms with Crippen molar-refractivity contribution in [3.05, 3.63) is 32.2 Å². The number of H-pyrrole nitrogens is 1. The number of aromatic amines is 1. The number of aromatic nitrogens is 2. The van der Waals surface area contributed by atoms with Gasteiger partial charge in [0, 0.05) is 30.7 Å². The number of hydrogen-bond acceptors (Lipinski definition) is 5. The smallest absolute Gasteiger partial charge is 0.402 e. The van der Waals surface area contributed by atoms with Crippen LogP contribution in [0.1, 0.15) is 30.9 Å². The molecule has 0 amide bonds. The lowest BCUT2D eigenvalue weighted by atomic mass is 9.87. The second-order valence-corrected chi connectivity index (χ2v) is 9.04. The van der Waals surface area contributed by atoms with Gasteiger partial charge in [0.1, 0.15) is 11.2 Å². The number of nitrogens with one attached hydrogen (secondary N) is 1. The van der Waals surface area contributed by atoms with Crippen molar-refractivity contribution in [3.8, 4) is 5.75 Å². The van der Waals surface area contributed by atoms with Crippen LogP contribution in [-0.2, 0) is 0 Å². The van der Waals surface area contributed by atoms with E-state index in [1.54, 1.807) is 0 Å². The minimum Gasteiger partial charge on any atom is -0.492 e. The van der Waals surface area contributed by atoms with Gasteiger partial charge in [-0.25, -0.2) is 9.18 Å². The average Bonchev–Trinajstić information content (AvgIpc) is 3.43. The highest BCUT2D eigenvalue weighted by atomic mass is 19.4. The molecule has 3 N–H and O–H groups in total. The van der Waals surface area contributed by atoms with Gasteiger partial charge in [-0.05, 0) is 32.1 Å². The number of methoxy groups -OCH3 is 1. The first kappa shape index (κ1) is 25.3. The predicted molar refractivity (Wildman–Crippen MR) is 112 cm³/mol. The lowest BCUT2D eigenvalue weighted by Gasteiger charge is -2.32. The van der Waals surface area contributed by atoms with E-state index in [4.69, 9.17) is 10.5 Å². The lowest BCUT2D eigenvalue weighted by molar-refractivity contribution is -0.292. The van der Waals surface area contributed by atoms with Gasteiger partial charge < -0.3 is 15.4 Å². The van der Waals surface area contributed by atoms with E-state index in [0.29, 0.717) is 12.8 Å². The molecule has 1 aromatic carbocycles. The van der Waals surface area contributed by atoms with Gasteiger partial charge in [0.2, 0.25) is 0 Å². The molecule has 0 spiro atoms. The number of rotatable bonds is 5. The first-order valence-corrected chi connectivity index (χ1v) is 10.9. The van der Waals surface area contributed by atoms with Gasteiger partial charge >= 0.3 is 18.0 Å². The monoisotopic (exact) mass is 512 g/mol. The fraction of sp³-hybridized carbons (Fsp3) is 0.619. The second-order valence-electron chi connectivity index (χ2n) is 9.04. The summed E-state index contributed by atoms with van der Waals surface area (Å²) in [5.74, 6) is -6.09. The van der Waals surface area contributed by atoms with Crippen LogP contribution in [0.3, 0.4) is 0 Å². The van der Waals surface area contributed by atoms with Crippen LogP contribution in [0.5, 0.6) is 5.75 Å². The molecule has 2 aliphatic rings. The molecule has 35 heavy (non-hydrogen) atoms. The van der Waals surface area contributed by atoms with E-state index in [-0.39, 0.29) is 46.9 Å². The Morgan fingerprint density at radius 3 is 2.20 bits per heavy atom. The molecule has 2 fully saturated rings. The number of halogens is 7. The largest absolute Gasteiger partial charge is 0.492 e. The van der Waals surface area contributed by atoms with Gasteiger partial charge in [-0.2, -0.15) is 26.3 Å². The van der Waals surface area contributed by atoms with E-state index < -0.39 is 53.8 Å². The normalized spacial score (nSPS) is 20.2. The van der Waals surface area contributed by atoms with Gasteiger partial charge in [0.15, 0.2) is 17.5 Å². The fourth-order valence-electron chi connectivity index (χ4n) is 4.98.